The number of hydrogen-bond acceptors (Lipinski definition) is 5. The molecule has 0 atom stereocenters. The van der Waals surface area contributed by atoms with Crippen LogP contribution in [-0.2, 0) is 9.63 Å². The first-order chi connectivity index (χ1) is 6.76. The number of amides is 1. The number of anilines is 1. The fourth-order valence-electron chi connectivity index (χ4n) is 0.662. The summed E-state index contributed by atoms with van der Waals surface area (Å²) in [5, 5.41) is 8.29. The number of aromatic nitrogens is 1. The van der Waals surface area contributed by atoms with Crippen LogP contribution in [0.5, 0.6) is 0 Å². The molecule has 0 saturated heterocycles. The number of oxime groups is 1. The van der Waals surface area contributed by atoms with E-state index < -0.39 is 0 Å². The Morgan fingerprint density at radius 1 is 1.93 bits per heavy atom. The molecule has 0 fully saturated rings. The molecule has 1 amide bonds. The average molecular weight is 234 g/mol. The second-order valence-corrected chi connectivity index (χ2v) is 3.30. The standard InChI is InChI=1S/C7H8ClN3O2S/c1-13-9-3-5-4-14-7(10-5)11-6(12)2-8/h3-4H,2H2,1H3,(H,10,11,12)/b9-3+. The van der Waals surface area contributed by atoms with Crippen LogP contribution in [0, 0.1) is 0 Å². The van der Waals surface area contributed by atoms with Gasteiger partial charge in [-0.25, -0.2) is 4.98 Å². The first-order valence-corrected chi connectivity index (χ1v) is 5.05. The first-order valence-electron chi connectivity index (χ1n) is 3.64. The molecule has 1 aromatic heterocycles. The van der Waals surface area contributed by atoms with Gasteiger partial charge in [0.05, 0.1) is 11.9 Å². The summed E-state index contributed by atoms with van der Waals surface area (Å²) in [6.07, 6.45) is 1.45. The Bertz CT molecular complexity index is 339. The molecule has 1 heterocycles. The number of hydrogen-bond donors (Lipinski definition) is 1. The largest absolute Gasteiger partial charge is 0.399 e. The highest BCUT2D eigenvalue weighted by atomic mass is 35.5. The molecule has 0 bridgehead atoms. The van der Waals surface area contributed by atoms with Crippen LogP contribution in [-0.4, -0.2) is 30.1 Å². The summed E-state index contributed by atoms with van der Waals surface area (Å²) in [7, 11) is 1.44. The van der Waals surface area contributed by atoms with Gasteiger partial charge in [0.2, 0.25) is 5.91 Å². The predicted molar refractivity (Wildman–Crippen MR) is 56.1 cm³/mol. The van der Waals surface area contributed by atoms with E-state index in [-0.39, 0.29) is 11.8 Å². The van der Waals surface area contributed by atoms with E-state index in [1.165, 1.54) is 24.7 Å². The van der Waals surface area contributed by atoms with E-state index in [0.29, 0.717) is 10.8 Å². The van der Waals surface area contributed by atoms with Gasteiger partial charge in [-0.3, -0.25) is 4.79 Å². The summed E-state index contributed by atoms with van der Waals surface area (Å²) in [6, 6.07) is 0. The van der Waals surface area contributed by atoms with Crippen molar-refractivity contribution in [2.45, 2.75) is 0 Å². The van der Waals surface area contributed by atoms with Crippen LogP contribution in [0.4, 0.5) is 5.13 Å². The molecule has 1 N–H and O–H groups in total. The van der Waals surface area contributed by atoms with Gasteiger partial charge in [0.15, 0.2) is 5.13 Å². The zero-order chi connectivity index (χ0) is 10.4. The minimum absolute atomic E-state index is 0.0823. The molecule has 0 unspecified atom stereocenters. The zero-order valence-corrected chi connectivity index (χ0v) is 8.93. The summed E-state index contributed by atoms with van der Waals surface area (Å²) < 4.78 is 0. The van der Waals surface area contributed by atoms with Crippen molar-refractivity contribution in [3.8, 4) is 0 Å². The van der Waals surface area contributed by atoms with Gasteiger partial charge in [-0.05, 0) is 0 Å². The lowest BCUT2D eigenvalue weighted by Crippen LogP contribution is -2.12. The summed E-state index contributed by atoms with van der Waals surface area (Å²) in [4.78, 5) is 19.4. The highest BCUT2D eigenvalue weighted by molar-refractivity contribution is 7.14. The Balaban J connectivity index is 2.59. The lowest BCUT2D eigenvalue weighted by molar-refractivity contribution is -0.113. The van der Waals surface area contributed by atoms with Gasteiger partial charge in [0.1, 0.15) is 13.0 Å². The molecule has 1 aromatic rings. The minimum Gasteiger partial charge on any atom is -0.399 e. The highest BCUT2D eigenvalue weighted by Crippen LogP contribution is 2.13. The van der Waals surface area contributed by atoms with Crippen molar-refractivity contribution in [3.05, 3.63) is 11.1 Å². The quantitative estimate of drug-likeness (QED) is 0.484. The third-order valence-corrected chi connectivity index (χ3v) is 2.20. The predicted octanol–water partition coefficient (Wildman–Crippen LogP) is 1.30. The van der Waals surface area contributed by atoms with Crippen molar-refractivity contribution in [1.82, 2.24) is 4.98 Å². The van der Waals surface area contributed by atoms with Crippen LogP contribution in [0.1, 0.15) is 5.69 Å². The number of nitrogens with one attached hydrogen (secondary N) is 1. The number of halogens is 1. The van der Waals surface area contributed by atoms with E-state index in [4.69, 9.17) is 11.6 Å². The molecular weight excluding hydrogens is 226 g/mol. The van der Waals surface area contributed by atoms with Crippen molar-refractivity contribution in [2.75, 3.05) is 18.3 Å². The van der Waals surface area contributed by atoms with E-state index in [2.05, 4.69) is 20.3 Å². The average Bonchev–Trinajstić information content (AvgIpc) is 2.62. The van der Waals surface area contributed by atoms with E-state index in [9.17, 15) is 4.79 Å². The van der Waals surface area contributed by atoms with Gasteiger partial charge in [-0.1, -0.05) is 5.16 Å². The van der Waals surface area contributed by atoms with Crippen molar-refractivity contribution in [2.24, 2.45) is 5.16 Å². The van der Waals surface area contributed by atoms with Crippen LogP contribution < -0.4 is 5.32 Å². The number of rotatable bonds is 4. The SMILES string of the molecule is CO/N=C/c1csc(NC(=O)CCl)n1. The maximum Gasteiger partial charge on any atom is 0.241 e. The van der Waals surface area contributed by atoms with E-state index in [1.54, 1.807) is 5.38 Å². The molecule has 0 aromatic carbocycles. The maximum atomic E-state index is 10.9. The summed E-state index contributed by atoms with van der Waals surface area (Å²) >= 11 is 6.61. The molecule has 0 saturated carbocycles. The monoisotopic (exact) mass is 233 g/mol. The van der Waals surface area contributed by atoms with Crippen LogP contribution in [0.15, 0.2) is 10.5 Å². The lowest BCUT2D eigenvalue weighted by Gasteiger charge is -1.94. The van der Waals surface area contributed by atoms with Crippen molar-refractivity contribution >= 4 is 40.2 Å². The van der Waals surface area contributed by atoms with Gasteiger partial charge in [0, 0.05) is 5.38 Å². The maximum absolute atomic E-state index is 10.9. The van der Waals surface area contributed by atoms with Gasteiger partial charge in [-0.2, -0.15) is 0 Å². The zero-order valence-electron chi connectivity index (χ0n) is 7.36. The number of alkyl halides is 1. The normalized spacial score (nSPS) is 10.4. The Morgan fingerprint density at radius 3 is 3.36 bits per heavy atom. The fourth-order valence-corrected chi connectivity index (χ4v) is 1.41. The summed E-state index contributed by atoms with van der Waals surface area (Å²) in [5.74, 6) is -0.364. The van der Waals surface area contributed by atoms with Crippen LogP contribution >= 0.6 is 22.9 Å². The Morgan fingerprint density at radius 2 is 2.71 bits per heavy atom. The third kappa shape index (κ3) is 3.31. The molecule has 1 rings (SSSR count). The summed E-state index contributed by atoms with van der Waals surface area (Å²) in [6.45, 7) is 0. The molecule has 14 heavy (non-hydrogen) atoms. The lowest BCUT2D eigenvalue weighted by atomic mass is 10.5. The Kier molecular flexibility index (Phi) is 4.34. The van der Waals surface area contributed by atoms with Crippen molar-refractivity contribution in [1.29, 1.82) is 0 Å². The number of carbonyl (C=O) groups is 1. The molecule has 0 aliphatic rings. The van der Waals surface area contributed by atoms with Gasteiger partial charge < -0.3 is 10.2 Å². The fraction of sp³-hybridized carbons (Fsp3) is 0.286. The van der Waals surface area contributed by atoms with Gasteiger partial charge in [-0.15, -0.1) is 22.9 Å². The van der Waals surface area contributed by atoms with Crippen molar-refractivity contribution < 1.29 is 9.63 Å². The molecule has 0 aliphatic heterocycles. The molecule has 5 nitrogen and oxygen atoms in total. The second kappa shape index (κ2) is 5.56. The molecule has 7 heteroatoms. The highest BCUT2D eigenvalue weighted by Gasteiger charge is 2.03. The molecule has 0 aliphatic carbocycles. The van der Waals surface area contributed by atoms with E-state index >= 15 is 0 Å². The van der Waals surface area contributed by atoms with Gasteiger partial charge >= 0.3 is 0 Å². The Labute approximate surface area is 89.7 Å². The molecule has 0 radical (unpaired) electrons. The van der Waals surface area contributed by atoms with Gasteiger partial charge in [0.25, 0.3) is 0 Å². The van der Waals surface area contributed by atoms with E-state index in [1.807, 2.05) is 0 Å². The summed E-state index contributed by atoms with van der Waals surface area (Å²) in [5.41, 5.74) is 0.627. The smallest absolute Gasteiger partial charge is 0.241 e. The second-order valence-electron chi connectivity index (χ2n) is 2.18. The third-order valence-electron chi connectivity index (χ3n) is 1.18. The minimum atomic E-state index is -0.281. The molecule has 0 spiro atoms. The van der Waals surface area contributed by atoms with E-state index in [0.717, 1.165) is 0 Å². The number of carbonyl (C=O) groups excluding carboxylic acids is 1. The number of nitrogens with zero attached hydrogens (tertiary/aromatic N) is 2. The first kappa shape index (κ1) is 10.9. The molecule has 76 valence electrons. The molecular formula is C7H8ClN3O2S. The number of thiazole rings is 1. The van der Waals surface area contributed by atoms with Crippen LogP contribution in [0.3, 0.4) is 0 Å². The van der Waals surface area contributed by atoms with Crippen LogP contribution in [0.2, 0.25) is 0 Å². The Hall–Kier alpha value is -1.14. The van der Waals surface area contributed by atoms with Crippen LogP contribution in [0.25, 0.3) is 0 Å². The van der Waals surface area contributed by atoms with Crippen molar-refractivity contribution in [3.63, 3.8) is 0 Å². The topological polar surface area (TPSA) is 63.6 Å².